The molecule has 15 heavy (non-hydrogen) atoms. The number of hydrogen-bond acceptors (Lipinski definition) is 3. The minimum Gasteiger partial charge on any atom is -0.383 e. The van der Waals surface area contributed by atoms with Gasteiger partial charge in [-0.05, 0) is 32.4 Å². The molecular formula is C12H28N2O. The van der Waals surface area contributed by atoms with Gasteiger partial charge in [0.15, 0.2) is 0 Å². The normalized spacial score (nSPS) is 15.6. The zero-order valence-corrected chi connectivity index (χ0v) is 10.8. The topological polar surface area (TPSA) is 38.5 Å². The maximum absolute atomic E-state index is 5.54. The predicted molar refractivity (Wildman–Crippen MR) is 66.0 cm³/mol. The van der Waals surface area contributed by atoms with Crippen molar-refractivity contribution in [3.8, 4) is 0 Å². The summed E-state index contributed by atoms with van der Waals surface area (Å²) in [5.74, 6) is 0.757. The minimum absolute atomic E-state index is 0.521. The summed E-state index contributed by atoms with van der Waals surface area (Å²) < 4.78 is 5.25. The molecule has 0 aliphatic carbocycles. The van der Waals surface area contributed by atoms with Gasteiger partial charge in [0.25, 0.3) is 0 Å². The molecule has 0 heterocycles. The van der Waals surface area contributed by atoms with E-state index in [1.54, 1.807) is 7.11 Å². The maximum Gasteiger partial charge on any atom is 0.0617 e. The van der Waals surface area contributed by atoms with Gasteiger partial charge in [-0.25, -0.2) is 0 Å². The van der Waals surface area contributed by atoms with Gasteiger partial charge in [-0.15, -0.1) is 0 Å². The second kappa shape index (κ2) is 9.13. The van der Waals surface area contributed by atoms with Crippen molar-refractivity contribution in [3.63, 3.8) is 0 Å². The number of likely N-dealkylation sites (N-methyl/N-ethyl adjacent to an activating group) is 1. The van der Waals surface area contributed by atoms with Crippen LogP contribution in [-0.2, 0) is 4.74 Å². The van der Waals surface area contributed by atoms with Crippen molar-refractivity contribution in [3.05, 3.63) is 0 Å². The van der Waals surface area contributed by atoms with Crippen LogP contribution in [-0.4, -0.2) is 44.8 Å². The Hall–Kier alpha value is -0.120. The highest BCUT2D eigenvalue weighted by molar-refractivity contribution is 4.70. The summed E-state index contributed by atoms with van der Waals surface area (Å²) in [6.45, 7) is 7.27. The van der Waals surface area contributed by atoms with E-state index >= 15 is 0 Å². The van der Waals surface area contributed by atoms with Crippen LogP contribution in [0.15, 0.2) is 0 Å². The first-order valence-electron chi connectivity index (χ1n) is 6.04. The molecule has 0 rings (SSSR count). The van der Waals surface area contributed by atoms with Crippen molar-refractivity contribution in [2.75, 3.05) is 33.9 Å². The summed E-state index contributed by atoms with van der Waals surface area (Å²) in [6.07, 6.45) is 3.46. The second-order valence-electron chi connectivity index (χ2n) is 4.49. The third-order valence-electron chi connectivity index (χ3n) is 3.02. The molecule has 0 saturated carbocycles. The van der Waals surface area contributed by atoms with Crippen molar-refractivity contribution in [2.45, 2.75) is 39.2 Å². The zero-order chi connectivity index (χ0) is 11.7. The summed E-state index contributed by atoms with van der Waals surface area (Å²) in [7, 11) is 3.96. The molecule has 2 N–H and O–H groups in total. The fraction of sp³-hybridized carbons (Fsp3) is 1.00. The molecule has 0 saturated heterocycles. The van der Waals surface area contributed by atoms with Gasteiger partial charge >= 0.3 is 0 Å². The van der Waals surface area contributed by atoms with Gasteiger partial charge < -0.3 is 15.4 Å². The van der Waals surface area contributed by atoms with Crippen LogP contribution in [0.1, 0.15) is 33.1 Å². The maximum atomic E-state index is 5.54. The molecule has 0 aromatic carbocycles. The number of hydrogen-bond donors (Lipinski definition) is 1. The third-order valence-corrected chi connectivity index (χ3v) is 3.02. The number of ether oxygens (including phenoxy) is 1. The lowest BCUT2D eigenvalue weighted by Crippen LogP contribution is -2.38. The average Bonchev–Trinajstić information content (AvgIpc) is 2.23. The van der Waals surface area contributed by atoms with Crippen LogP contribution in [0.25, 0.3) is 0 Å². The first kappa shape index (κ1) is 14.9. The molecule has 3 heteroatoms. The monoisotopic (exact) mass is 216 g/mol. The van der Waals surface area contributed by atoms with E-state index in [0.29, 0.717) is 6.04 Å². The fourth-order valence-electron chi connectivity index (χ4n) is 1.75. The molecule has 0 spiro atoms. The lowest BCUT2D eigenvalue weighted by Gasteiger charge is -2.29. The highest BCUT2D eigenvalue weighted by Crippen LogP contribution is 2.10. The molecule has 0 amide bonds. The first-order valence-corrected chi connectivity index (χ1v) is 6.04. The Balaban J connectivity index is 3.96. The predicted octanol–water partition coefficient (Wildman–Crippen LogP) is 1.72. The first-order chi connectivity index (χ1) is 7.15. The Kier molecular flexibility index (Phi) is 9.06. The van der Waals surface area contributed by atoms with E-state index in [-0.39, 0.29) is 0 Å². The largest absolute Gasteiger partial charge is 0.383 e. The quantitative estimate of drug-likeness (QED) is 0.638. The van der Waals surface area contributed by atoms with Crippen LogP contribution in [0.5, 0.6) is 0 Å². The summed E-state index contributed by atoms with van der Waals surface area (Å²) in [5, 5.41) is 0. The van der Waals surface area contributed by atoms with Gasteiger partial charge in [0.05, 0.1) is 6.61 Å². The van der Waals surface area contributed by atoms with Gasteiger partial charge in [-0.1, -0.05) is 20.3 Å². The lowest BCUT2D eigenvalue weighted by molar-refractivity contribution is 0.0916. The van der Waals surface area contributed by atoms with Crippen molar-refractivity contribution >= 4 is 0 Å². The molecule has 0 radical (unpaired) electrons. The molecule has 92 valence electrons. The number of nitrogens with two attached hydrogens (primary N) is 1. The Labute approximate surface area is 95.0 Å². The molecule has 0 fully saturated rings. The zero-order valence-electron chi connectivity index (χ0n) is 10.8. The van der Waals surface area contributed by atoms with E-state index in [1.165, 1.54) is 6.42 Å². The molecule has 2 unspecified atom stereocenters. The number of rotatable bonds is 9. The van der Waals surface area contributed by atoms with Gasteiger partial charge in [0, 0.05) is 19.7 Å². The van der Waals surface area contributed by atoms with E-state index < -0.39 is 0 Å². The smallest absolute Gasteiger partial charge is 0.0617 e. The van der Waals surface area contributed by atoms with Gasteiger partial charge in [0.2, 0.25) is 0 Å². The van der Waals surface area contributed by atoms with Gasteiger partial charge in [-0.2, -0.15) is 0 Å². The van der Waals surface area contributed by atoms with Crippen molar-refractivity contribution in [1.29, 1.82) is 0 Å². The summed E-state index contributed by atoms with van der Waals surface area (Å²) >= 11 is 0. The fourth-order valence-corrected chi connectivity index (χ4v) is 1.75. The molecular weight excluding hydrogens is 188 g/mol. The summed E-state index contributed by atoms with van der Waals surface area (Å²) in [6, 6.07) is 0.521. The third kappa shape index (κ3) is 6.88. The Morgan fingerprint density at radius 3 is 2.53 bits per heavy atom. The van der Waals surface area contributed by atoms with Crippen molar-refractivity contribution in [1.82, 2.24) is 4.90 Å². The summed E-state index contributed by atoms with van der Waals surface area (Å²) in [4.78, 5) is 2.41. The van der Waals surface area contributed by atoms with Crippen molar-refractivity contribution in [2.24, 2.45) is 11.7 Å². The Morgan fingerprint density at radius 1 is 1.40 bits per heavy atom. The number of nitrogens with zero attached hydrogens (tertiary/aromatic N) is 1. The molecule has 0 aliphatic rings. The van der Waals surface area contributed by atoms with Crippen LogP contribution >= 0.6 is 0 Å². The molecule has 0 aromatic rings. The molecule has 0 aromatic heterocycles. The van der Waals surface area contributed by atoms with E-state index in [2.05, 4.69) is 25.8 Å². The van der Waals surface area contributed by atoms with Crippen LogP contribution in [0, 0.1) is 5.92 Å². The Bertz CT molecular complexity index is 142. The van der Waals surface area contributed by atoms with Crippen molar-refractivity contribution < 1.29 is 4.74 Å². The molecule has 0 aliphatic heterocycles. The van der Waals surface area contributed by atoms with Crippen LogP contribution in [0.2, 0.25) is 0 Å². The molecule has 2 atom stereocenters. The SMILES string of the molecule is CCC(C)CN(C)C(CCCN)COC. The average molecular weight is 216 g/mol. The van der Waals surface area contributed by atoms with Crippen LogP contribution < -0.4 is 5.73 Å². The van der Waals surface area contributed by atoms with Crippen LogP contribution in [0.4, 0.5) is 0 Å². The van der Waals surface area contributed by atoms with E-state index in [9.17, 15) is 0 Å². The highest BCUT2D eigenvalue weighted by Gasteiger charge is 2.15. The van der Waals surface area contributed by atoms with E-state index in [0.717, 1.165) is 38.5 Å². The van der Waals surface area contributed by atoms with Gasteiger partial charge in [0.1, 0.15) is 0 Å². The molecule has 3 nitrogen and oxygen atoms in total. The second-order valence-corrected chi connectivity index (χ2v) is 4.49. The van der Waals surface area contributed by atoms with E-state index in [1.807, 2.05) is 0 Å². The minimum atomic E-state index is 0.521. The summed E-state index contributed by atoms with van der Waals surface area (Å²) in [5.41, 5.74) is 5.54. The number of methoxy groups -OCH3 is 1. The highest BCUT2D eigenvalue weighted by atomic mass is 16.5. The standard InChI is InChI=1S/C12H28N2O/c1-5-11(2)9-14(3)12(10-15-4)7-6-8-13/h11-12H,5-10,13H2,1-4H3. The Morgan fingerprint density at radius 2 is 2.07 bits per heavy atom. The molecule has 0 bridgehead atoms. The van der Waals surface area contributed by atoms with Crippen LogP contribution in [0.3, 0.4) is 0 Å². The van der Waals surface area contributed by atoms with E-state index in [4.69, 9.17) is 10.5 Å². The lowest BCUT2D eigenvalue weighted by atomic mass is 10.1. The van der Waals surface area contributed by atoms with Gasteiger partial charge in [-0.3, -0.25) is 0 Å².